The lowest BCUT2D eigenvalue weighted by atomic mass is 9.97. The average molecular weight is 524 g/mol. The van der Waals surface area contributed by atoms with Crippen LogP contribution in [0, 0.1) is 0 Å². The fourth-order valence-corrected chi connectivity index (χ4v) is 4.21. The zero-order valence-electron chi connectivity index (χ0n) is 24.2. The zero-order valence-corrected chi connectivity index (χ0v) is 24.2. The van der Waals surface area contributed by atoms with Crippen LogP contribution in [0.2, 0.25) is 0 Å². The molecule has 3 amide bonds. The molecule has 0 aliphatic carbocycles. The summed E-state index contributed by atoms with van der Waals surface area (Å²) in [4.78, 5) is 42.5. The molecule has 0 saturated carbocycles. The van der Waals surface area contributed by atoms with Gasteiger partial charge in [-0.3, -0.25) is 9.59 Å². The molecule has 38 heavy (non-hydrogen) atoms. The minimum Gasteiger partial charge on any atom is -0.444 e. The molecule has 3 atom stereocenters. The van der Waals surface area contributed by atoms with Crippen molar-refractivity contribution in [3.05, 3.63) is 71.3 Å². The van der Waals surface area contributed by atoms with Crippen molar-refractivity contribution in [2.24, 2.45) is 0 Å². The SMILES string of the molecule is CCc1ccc(C(C(=O)NC(C)C)N(C(=O)C(Cc2ccccc2)NC(=O)OC(C)(C)C)C(C)CC)cc1. The second kappa shape index (κ2) is 14.0. The smallest absolute Gasteiger partial charge is 0.408 e. The van der Waals surface area contributed by atoms with Crippen LogP contribution in [0.3, 0.4) is 0 Å². The molecule has 7 nitrogen and oxygen atoms in total. The van der Waals surface area contributed by atoms with Gasteiger partial charge in [-0.2, -0.15) is 0 Å². The van der Waals surface area contributed by atoms with E-state index in [0.29, 0.717) is 6.42 Å². The summed E-state index contributed by atoms with van der Waals surface area (Å²) >= 11 is 0. The molecule has 0 aromatic heterocycles. The van der Waals surface area contributed by atoms with Crippen molar-refractivity contribution in [2.75, 3.05) is 0 Å². The third kappa shape index (κ3) is 9.19. The summed E-state index contributed by atoms with van der Waals surface area (Å²) in [6.45, 7) is 15.1. The number of nitrogens with zero attached hydrogens (tertiary/aromatic N) is 1. The van der Waals surface area contributed by atoms with Gasteiger partial charge in [0, 0.05) is 18.5 Å². The van der Waals surface area contributed by atoms with E-state index in [0.717, 1.165) is 23.1 Å². The maximum atomic E-state index is 14.4. The summed E-state index contributed by atoms with van der Waals surface area (Å²) in [6, 6.07) is 15.2. The summed E-state index contributed by atoms with van der Waals surface area (Å²) in [5.74, 6) is -0.592. The number of amides is 3. The van der Waals surface area contributed by atoms with Crippen molar-refractivity contribution in [3.8, 4) is 0 Å². The van der Waals surface area contributed by atoms with E-state index in [1.807, 2.05) is 82.3 Å². The molecule has 2 rings (SSSR count). The lowest BCUT2D eigenvalue weighted by molar-refractivity contribution is -0.145. The highest BCUT2D eigenvalue weighted by Gasteiger charge is 2.38. The Hall–Kier alpha value is -3.35. The fourth-order valence-electron chi connectivity index (χ4n) is 4.21. The number of nitrogens with one attached hydrogen (secondary N) is 2. The number of hydrogen-bond acceptors (Lipinski definition) is 4. The average Bonchev–Trinajstić information content (AvgIpc) is 2.85. The van der Waals surface area contributed by atoms with Gasteiger partial charge in [-0.25, -0.2) is 4.79 Å². The minimum atomic E-state index is -0.925. The molecule has 0 spiro atoms. The second-order valence-corrected chi connectivity index (χ2v) is 11.1. The molecule has 0 fully saturated rings. The Morgan fingerprint density at radius 1 is 0.868 bits per heavy atom. The first-order valence-corrected chi connectivity index (χ1v) is 13.6. The summed E-state index contributed by atoms with van der Waals surface area (Å²) in [7, 11) is 0. The third-order valence-corrected chi connectivity index (χ3v) is 6.25. The van der Waals surface area contributed by atoms with Gasteiger partial charge in [-0.1, -0.05) is 68.4 Å². The predicted molar refractivity (Wildman–Crippen MR) is 152 cm³/mol. The van der Waals surface area contributed by atoms with Gasteiger partial charge in [-0.05, 0) is 71.1 Å². The van der Waals surface area contributed by atoms with E-state index in [2.05, 4.69) is 17.6 Å². The molecule has 7 heteroatoms. The van der Waals surface area contributed by atoms with Crippen LogP contribution in [0.15, 0.2) is 54.6 Å². The van der Waals surface area contributed by atoms with Crippen molar-refractivity contribution in [3.63, 3.8) is 0 Å². The zero-order chi connectivity index (χ0) is 28.5. The van der Waals surface area contributed by atoms with Crippen molar-refractivity contribution in [2.45, 2.75) is 104 Å². The Kier molecular flexibility index (Phi) is 11.4. The van der Waals surface area contributed by atoms with Crippen LogP contribution >= 0.6 is 0 Å². The highest BCUT2D eigenvalue weighted by atomic mass is 16.6. The number of ether oxygens (including phenoxy) is 1. The maximum Gasteiger partial charge on any atom is 0.408 e. The van der Waals surface area contributed by atoms with Crippen LogP contribution in [-0.2, 0) is 27.2 Å². The predicted octanol–water partition coefficient (Wildman–Crippen LogP) is 5.58. The number of benzene rings is 2. The Morgan fingerprint density at radius 3 is 1.97 bits per heavy atom. The fraction of sp³-hybridized carbons (Fsp3) is 0.516. The van der Waals surface area contributed by atoms with E-state index in [-0.39, 0.29) is 30.3 Å². The number of carbonyl (C=O) groups excluding carboxylic acids is 3. The number of aryl methyl sites for hydroxylation is 1. The molecule has 0 heterocycles. The van der Waals surface area contributed by atoms with Gasteiger partial charge in [0.05, 0.1) is 0 Å². The van der Waals surface area contributed by atoms with Gasteiger partial charge in [0.1, 0.15) is 17.7 Å². The number of alkyl carbamates (subject to hydrolysis) is 1. The first-order chi connectivity index (χ1) is 17.9. The molecular weight excluding hydrogens is 478 g/mol. The molecule has 2 aromatic carbocycles. The Bertz CT molecular complexity index is 1050. The van der Waals surface area contributed by atoms with E-state index in [1.54, 1.807) is 25.7 Å². The van der Waals surface area contributed by atoms with E-state index in [1.165, 1.54) is 0 Å². The largest absolute Gasteiger partial charge is 0.444 e. The maximum absolute atomic E-state index is 14.4. The number of carbonyl (C=O) groups is 3. The van der Waals surface area contributed by atoms with Crippen LogP contribution < -0.4 is 10.6 Å². The van der Waals surface area contributed by atoms with E-state index in [9.17, 15) is 14.4 Å². The van der Waals surface area contributed by atoms with Crippen LogP contribution in [-0.4, -0.2) is 46.5 Å². The number of rotatable bonds is 11. The lowest BCUT2D eigenvalue weighted by Gasteiger charge is -2.38. The van der Waals surface area contributed by atoms with Gasteiger partial charge in [0.15, 0.2) is 0 Å². The van der Waals surface area contributed by atoms with Gasteiger partial charge in [0.25, 0.3) is 0 Å². The highest BCUT2D eigenvalue weighted by Crippen LogP contribution is 2.27. The van der Waals surface area contributed by atoms with Crippen molar-refractivity contribution in [1.29, 1.82) is 0 Å². The van der Waals surface area contributed by atoms with Crippen LogP contribution in [0.5, 0.6) is 0 Å². The van der Waals surface area contributed by atoms with Crippen molar-refractivity contribution < 1.29 is 19.1 Å². The first kappa shape index (κ1) is 30.9. The van der Waals surface area contributed by atoms with Gasteiger partial charge < -0.3 is 20.3 Å². The Balaban J connectivity index is 2.57. The molecule has 0 radical (unpaired) electrons. The second-order valence-electron chi connectivity index (χ2n) is 11.1. The molecule has 208 valence electrons. The van der Waals surface area contributed by atoms with Gasteiger partial charge in [0.2, 0.25) is 11.8 Å². The van der Waals surface area contributed by atoms with Crippen molar-refractivity contribution in [1.82, 2.24) is 15.5 Å². The van der Waals surface area contributed by atoms with Gasteiger partial charge >= 0.3 is 6.09 Å². The monoisotopic (exact) mass is 523 g/mol. The molecule has 2 N–H and O–H groups in total. The molecule has 0 aliphatic rings. The summed E-state index contributed by atoms with van der Waals surface area (Å²) in [6.07, 6.45) is 1.09. The molecule has 3 unspecified atom stereocenters. The quantitative estimate of drug-likeness (QED) is 0.403. The van der Waals surface area contributed by atoms with Crippen LogP contribution in [0.25, 0.3) is 0 Å². The molecule has 0 aliphatic heterocycles. The first-order valence-electron chi connectivity index (χ1n) is 13.6. The van der Waals surface area contributed by atoms with Crippen LogP contribution in [0.4, 0.5) is 4.79 Å². The van der Waals surface area contributed by atoms with Gasteiger partial charge in [-0.15, -0.1) is 0 Å². The van der Waals surface area contributed by atoms with E-state index >= 15 is 0 Å². The topological polar surface area (TPSA) is 87.7 Å². The molecule has 0 bridgehead atoms. The Morgan fingerprint density at radius 2 is 1.47 bits per heavy atom. The molecule has 0 saturated heterocycles. The normalized spacial score (nSPS) is 13.8. The summed E-state index contributed by atoms with van der Waals surface area (Å²) in [5.41, 5.74) is 2.04. The van der Waals surface area contributed by atoms with Crippen molar-refractivity contribution >= 4 is 17.9 Å². The van der Waals surface area contributed by atoms with Crippen LogP contribution in [0.1, 0.15) is 84.5 Å². The minimum absolute atomic E-state index is 0.103. The summed E-state index contributed by atoms with van der Waals surface area (Å²) < 4.78 is 5.49. The molecule has 2 aromatic rings. The standard InChI is InChI=1S/C31H45N3O4/c1-9-22(5)34(27(28(35)32-21(3)4)25-18-16-23(10-2)17-19-25)29(36)26(20-24-14-12-11-13-15-24)33-30(37)38-31(6,7)8/h11-19,21-22,26-27H,9-10,20H2,1-8H3,(H,32,35)(H,33,37). The third-order valence-electron chi connectivity index (χ3n) is 6.25. The van der Waals surface area contributed by atoms with E-state index < -0.39 is 23.8 Å². The summed E-state index contributed by atoms with van der Waals surface area (Å²) in [5, 5.41) is 5.80. The Labute approximate surface area is 228 Å². The number of hydrogen-bond donors (Lipinski definition) is 2. The molecular formula is C31H45N3O4. The lowest BCUT2D eigenvalue weighted by Crippen LogP contribution is -2.56. The highest BCUT2D eigenvalue weighted by molar-refractivity contribution is 5.92. The van der Waals surface area contributed by atoms with E-state index in [4.69, 9.17) is 4.74 Å².